The summed E-state index contributed by atoms with van der Waals surface area (Å²) in [5.74, 6) is 2.40. The summed E-state index contributed by atoms with van der Waals surface area (Å²) in [6.45, 7) is 7.58. The van der Waals surface area contributed by atoms with Gasteiger partial charge in [0.25, 0.3) is 0 Å². The molecule has 1 aromatic heterocycles. The van der Waals surface area contributed by atoms with Crippen molar-refractivity contribution in [2.24, 2.45) is 5.41 Å². The predicted octanol–water partition coefficient (Wildman–Crippen LogP) is 4.57. The zero-order valence-electron chi connectivity index (χ0n) is 18.3. The van der Waals surface area contributed by atoms with Gasteiger partial charge in [-0.05, 0) is 37.1 Å². The van der Waals surface area contributed by atoms with Gasteiger partial charge in [-0.15, -0.1) is 0 Å². The van der Waals surface area contributed by atoms with Crippen LogP contribution < -0.4 is 14.8 Å². The van der Waals surface area contributed by atoms with E-state index in [9.17, 15) is 4.79 Å². The van der Waals surface area contributed by atoms with E-state index in [1.807, 2.05) is 63.2 Å². The molecule has 160 valence electrons. The monoisotopic (exact) mass is 409 g/mol. The number of hydrogen-bond donors (Lipinski definition) is 1. The molecular weight excluding hydrogens is 378 g/mol. The smallest absolute Gasteiger partial charge is 0.225 e. The number of aromatic nitrogens is 2. The van der Waals surface area contributed by atoms with E-state index in [0.717, 1.165) is 47.7 Å². The minimum Gasteiger partial charge on any atom is -0.493 e. The fraction of sp³-hybridized carbons (Fsp3) is 0.417. The molecule has 0 saturated heterocycles. The summed E-state index contributed by atoms with van der Waals surface area (Å²) in [5.41, 5.74) is 1.61. The number of amides is 1. The average molecular weight is 410 g/mol. The Morgan fingerprint density at radius 2 is 1.73 bits per heavy atom. The van der Waals surface area contributed by atoms with E-state index in [2.05, 4.69) is 16.0 Å². The topological polar surface area (TPSA) is 65.4 Å². The Labute approximate surface area is 178 Å². The van der Waals surface area contributed by atoms with Crippen LogP contribution in [0.4, 0.5) is 0 Å². The van der Waals surface area contributed by atoms with Gasteiger partial charge in [-0.1, -0.05) is 45.0 Å². The Morgan fingerprint density at radius 1 is 1.03 bits per heavy atom. The highest BCUT2D eigenvalue weighted by Gasteiger charge is 2.21. The van der Waals surface area contributed by atoms with Crippen LogP contribution in [0.25, 0.3) is 11.0 Å². The number of ether oxygens (including phenoxy) is 2. The van der Waals surface area contributed by atoms with Crippen LogP contribution in [0, 0.1) is 5.41 Å². The second-order valence-corrected chi connectivity index (χ2v) is 8.31. The molecule has 2 aromatic carbocycles. The summed E-state index contributed by atoms with van der Waals surface area (Å²) in [6.07, 6.45) is 1.84. The van der Waals surface area contributed by atoms with E-state index in [1.165, 1.54) is 0 Å². The van der Waals surface area contributed by atoms with Crippen LogP contribution in [0.5, 0.6) is 11.5 Å². The number of methoxy groups -OCH3 is 1. The molecule has 1 heterocycles. The van der Waals surface area contributed by atoms with Crippen molar-refractivity contribution in [3.63, 3.8) is 0 Å². The van der Waals surface area contributed by atoms with E-state index in [-0.39, 0.29) is 5.91 Å². The fourth-order valence-corrected chi connectivity index (χ4v) is 3.23. The van der Waals surface area contributed by atoms with Crippen molar-refractivity contribution in [3.05, 3.63) is 54.4 Å². The molecule has 3 aromatic rings. The van der Waals surface area contributed by atoms with Gasteiger partial charge in [-0.2, -0.15) is 0 Å². The van der Waals surface area contributed by atoms with Gasteiger partial charge in [0.15, 0.2) is 11.5 Å². The van der Waals surface area contributed by atoms with Gasteiger partial charge in [-0.3, -0.25) is 4.79 Å². The number of aryl methyl sites for hydroxylation is 1. The molecule has 0 unspecified atom stereocenters. The van der Waals surface area contributed by atoms with Crippen molar-refractivity contribution < 1.29 is 14.3 Å². The molecule has 6 heteroatoms. The number of imidazole rings is 1. The van der Waals surface area contributed by atoms with Gasteiger partial charge in [-0.25, -0.2) is 4.98 Å². The third kappa shape index (κ3) is 5.32. The van der Waals surface area contributed by atoms with Crippen molar-refractivity contribution in [2.75, 3.05) is 13.7 Å². The molecule has 0 atom stereocenters. The van der Waals surface area contributed by atoms with Crippen LogP contribution in [0.2, 0.25) is 0 Å². The van der Waals surface area contributed by atoms with E-state index >= 15 is 0 Å². The lowest BCUT2D eigenvalue weighted by Gasteiger charge is -2.18. The van der Waals surface area contributed by atoms with Crippen LogP contribution in [-0.4, -0.2) is 29.2 Å². The highest BCUT2D eigenvalue weighted by Crippen LogP contribution is 2.26. The van der Waals surface area contributed by atoms with Crippen molar-refractivity contribution >= 4 is 16.9 Å². The highest BCUT2D eigenvalue weighted by atomic mass is 16.5. The summed E-state index contributed by atoms with van der Waals surface area (Å²) < 4.78 is 13.4. The summed E-state index contributed by atoms with van der Waals surface area (Å²) in [7, 11) is 1.65. The van der Waals surface area contributed by atoms with Gasteiger partial charge < -0.3 is 19.4 Å². The molecule has 0 bridgehead atoms. The Kier molecular flexibility index (Phi) is 6.98. The first-order valence-corrected chi connectivity index (χ1v) is 10.4. The number of hydrogen-bond acceptors (Lipinski definition) is 4. The van der Waals surface area contributed by atoms with E-state index in [1.54, 1.807) is 7.11 Å². The maximum Gasteiger partial charge on any atom is 0.225 e. The molecule has 0 saturated carbocycles. The van der Waals surface area contributed by atoms with Crippen LogP contribution in [0.15, 0.2) is 48.5 Å². The van der Waals surface area contributed by atoms with Crippen LogP contribution >= 0.6 is 0 Å². The number of benzene rings is 2. The third-order valence-corrected chi connectivity index (χ3v) is 4.92. The summed E-state index contributed by atoms with van der Waals surface area (Å²) >= 11 is 0. The fourth-order valence-electron chi connectivity index (χ4n) is 3.23. The molecule has 3 rings (SSSR count). The largest absolute Gasteiger partial charge is 0.493 e. The van der Waals surface area contributed by atoms with Crippen molar-refractivity contribution in [1.82, 2.24) is 14.9 Å². The number of carbonyl (C=O) groups is 1. The number of carbonyl (C=O) groups excluding carboxylic acids is 1. The molecular formula is C24H31N3O3. The second-order valence-electron chi connectivity index (χ2n) is 8.31. The van der Waals surface area contributed by atoms with Crippen LogP contribution in [0.1, 0.15) is 39.4 Å². The lowest BCUT2D eigenvalue weighted by Crippen LogP contribution is -2.35. The summed E-state index contributed by atoms with van der Waals surface area (Å²) in [5, 5.41) is 3.02. The molecule has 0 aliphatic carbocycles. The molecule has 30 heavy (non-hydrogen) atoms. The summed E-state index contributed by atoms with van der Waals surface area (Å²) in [6, 6.07) is 15.8. The first-order valence-electron chi connectivity index (χ1n) is 10.4. The van der Waals surface area contributed by atoms with Crippen molar-refractivity contribution in [1.29, 1.82) is 0 Å². The van der Waals surface area contributed by atoms with Gasteiger partial charge >= 0.3 is 0 Å². The van der Waals surface area contributed by atoms with Gasteiger partial charge in [0, 0.05) is 12.0 Å². The Morgan fingerprint density at radius 3 is 2.47 bits per heavy atom. The molecule has 0 aliphatic heterocycles. The maximum absolute atomic E-state index is 12.3. The van der Waals surface area contributed by atoms with Gasteiger partial charge in [0.2, 0.25) is 5.91 Å². The molecule has 0 radical (unpaired) electrons. The van der Waals surface area contributed by atoms with Gasteiger partial charge in [0.1, 0.15) is 5.82 Å². The lowest BCUT2D eigenvalue weighted by molar-refractivity contribution is -0.128. The van der Waals surface area contributed by atoms with Crippen LogP contribution in [-0.2, 0) is 17.9 Å². The third-order valence-electron chi connectivity index (χ3n) is 4.92. The number of unbranched alkanes of at least 4 members (excludes halogenated alkanes) is 1. The van der Waals surface area contributed by atoms with E-state index in [4.69, 9.17) is 14.5 Å². The number of nitrogens with zero attached hydrogens (tertiary/aromatic N) is 2. The lowest BCUT2D eigenvalue weighted by atomic mass is 9.96. The predicted molar refractivity (Wildman–Crippen MR) is 119 cm³/mol. The first kappa shape index (κ1) is 21.7. The van der Waals surface area contributed by atoms with Crippen molar-refractivity contribution in [2.45, 2.75) is 46.7 Å². The molecule has 0 aliphatic rings. The normalized spacial score (nSPS) is 11.5. The minimum absolute atomic E-state index is 0.0197. The number of fused-ring (bicyclic) bond motifs is 1. The number of nitrogens with one attached hydrogen (secondary N) is 1. The Hall–Kier alpha value is -3.02. The quantitative estimate of drug-likeness (QED) is 0.526. The zero-order chi connectivity index (χ0) is 21.6. The average Bonchev–Trinajstić information content (AvgIpc) is 3.09. The minimum atomic E-state index is -0.424. The van der Waals surface area contributed by atoms with Crippen LogP contribution in [0.3, 0.4) is 0 Å². The Balaban J connectivity index is 1.61. The van der Waals surface area contributed by atoms with Crippen molar-refractivity contribution in [3.8, 4) is 11.5 Å². The standard InChI is InChI=1S/C24H31N3O3/c1-24(2,3)23(28)25-17-22-26-18-11-5-6-12-19(18)27(22)15-9-10-16-30-21-14-8-7-13-20(21)29-4/h5-8,11-14H,9-10,15-17H2,1-4H3,(H,25,28). The molecule has 1 amide bonds. The zero-order valence-corrected chi connectivity index (χ0v) is 18.3. The Bertz CT molecular complexity index is 989. The number of para-hydroxylation sites is 4. The van der Waals surface area contributed by atoms with Gasteiger partial charge in [0.05, 0.1) is 31.3 Å². The molecule has 6 nitrogen and oxygen atoms in total. The SMILES string of the molecule is COc1ccccc1OCCCCn1c(CNC(=O)C(C)(C)C)nc2ccccc21. The summed E-state index contributed by atoms with van der Waals surface area (Å²) in [4.78, 5) is 17.0. The molecule has 0 fully saturated rings. The van der Waals surface area contributed by atoms with E-state index < -0.39 is 5.41 Å². The maximum atomic E-state index is 12.3. The molecule has 0 spiro atoms. The second kappa shape index (κ2) is 9.65. The highest BCUT2D eigenvalue weighted by molar-refractivity contribution is 5.81. The molecule has 1 N–H and O–H groups in total. The first-order chi connectivity index (χ1) is 14.4. The van der Waals surface area contributed by atoms with E-state index in [0.29, 0.717) is 13.2 Å². The number of rotatable bonds is 9.